The molecule has 0 radical (unpaired) electrons. The quantitative estimate of drug-likeness (QED) is 0.720. The lowest BCUT2D eigenvalue weighted by Crippen LogP contribution is -2.34. The number of aromatic amines is 1. The zero-order valence-electron chi connectivity index (χ0n) is 13.1. The van der Waals surface area contributed by atoms with Gasteiger partial charge in [0, 0.05) is 35.2 Å². The third kappa shape index (κ3) is 2.72. The van der Waals surface area contributed by atoms with E-state index >= 15 is 0 Å². The number of amides is 1. The first-order valence-corrected chi connectivity index (χ1v) is 8.40. The summed E-state index contributed by atoms with van der Waals surface area (Å²) in [6.07, 6.45) is 4.81. The molecule has 1 aliphatic rings. The van der Waals surface area contributed by atoms with E-state index in [4.69, 9.17) is 11.6 Å². The van der Waals surface area contributed by atoms with E-state index in [1.807, 2.05) is 41.3 Å². The van der Waals surface area contributed by atoms with Crippen LogP contribution in [0.25, 0.3) is 16.5 Å². The van der Waals surface area contributed by atoms with Gasteiger partial charge in [-0.05, 0) is 29.7 Å². The number of nitrogens with zero attached hydrogens (tertiary/aromatic N) is 1. The molecule has 0 spiro atoms. The van der Waals surface area contributed by atoms with Gasteiger partial charge in [0.25, 0.3) is 5.91 Å². The van der Waals surface area contributed by atoms with Crippen molar-refractivity contribution in [3.05, 3.63) is 77.0 Å². The summed E-state index contributed by atoms with van der Waals surface area (Å²) in [6, 6.07) is 15.9. The average molecular weight is 337 g/mol. The fourth-order valence-corrected chi connectivity index (χ4v) is 3.39. The summed E-state index contributed by atoms with van der Waals surface area (Å²) in [5.41, 5.74) is 4.15. The highest BCUT2D eigenvalue weighted by Crippen LogP contribution is 2.26. The van der Waals surface area contributed by atoms with Crippen LogP contribution in [0.3, 0.4) is 0 Å². The first kappa shape index (κ1) is 15.0. The smallest absolute Gasteiger partial charge is 0.256 e. The largest absolute Gasteiger partial charge is 0.360 e. The molecule has 0 saturated heterocycles. The van der Waals surface area contributed by atoms with Crippen LogP contribution in [0.15, 0.2) is 60.8 Å². The van der Waals surface area contributed by atoms with Crippen molar-refractivity contribution in [1.29, 1.82) is 0 Å². The number of hydrogen-bond donors (Lipinski definition) is 1. The van der Waals surface area contributed by atoms with Gasteiger partial charge in [0.2, 0.25) is 0 Å². The van der Waals surface area contributed by atoms with E-state index in [2.05, 4.69) is 23.2 Å². The second-order valence-electron chi connectivity index (χ2n) is 5.99. The summed E-state index contributed by atoms with van der Waals surface area (Å²) in [4.78, 5) is 17.9. The number of H-pyrrole nitrogens is 1. The highest BCUT2D eigenvalue weighted by Gasteiger charge is 2.21. The predicted molar refractivity (Wildman–Crippen MR) is 98.2 cm³/mol. The SMILES string of the molecule is O=C(c1c[nH]c2cc(Cl)ccc12)N1CC=C(c2ccccc2)CC1. The Morgan fingerprint density at radius 1 is 1.12 bits per heavy atom. The molecule has 2 aromatic carbocycles. The Bertz CT molecular complexity index is 927. The van der Waals surface area contributed by atoms with Crippen molar-refractivity contribution in [2.75, 3.05) is 13.1 Å². The summed E-state index contributed by atoms with van der Waals surface area (Å²) in [6.45, 7) is 1.38. The minimum Gasteiger partial charge on any atom is -0.360 e. The standard InChI is InChI=1S/C20H17ClN2O/c21-16-6-7-17-18(13-22-19(17)12-16)20(24)23-10-8-15(9-11-23)14-4-2-1-3-5-14/h1-8,12-13,22H,9-11H2. The Balaban J connectivity index is 1.56. The fourth-order valence-electron chi connectivity index (χ4n) is 3.21. The van der Waals surface area contributed by atoms with Gasteiger partial charge in [0.15, 0.2) is 0 Å². The Kier molecular flexibility index (Phi) is 3.87. The van der Waals surface area contributed by atoms with Crippen LogP contribution >= 0.6 is 11.6 Å². The van der Waals surface area contributed by atoms with Crippen LogP contribution in [0.4, 0.5) is 0 Å². The highest BCUT2D eigenvalue weighted by molar-refractivity contribution is 6.31. The molecule has 1 aromatic heterocycles. The number of hydrogen-bond acceptors (Lipinski definition) is 1. The van der Waals surface area contributed by atoms with Crippen LogP contribution < -0.4 is 0 Å². The van der Waals surface area contributed by atoms with E-state index in [9.17, 15) is 4.79 Å². The van der Waals surface area contributed by atoms with Crippen LogP contribution in [-0.2, 0) is 0 Å². The molecule has 4 rings (SSSR count). The van der Waals surface area contributed by atoms with Crippen molar-refractivity contribution >= 4 is 34.0 Å². The molecule has 1 aliphatic heterocycles. The van der Waals surface area contributed by atoms with Gasteiger partial charge in [-0.2, -0.15) is 0 Å². The van der Waals surface area contributed by atoms with E-state index in [1.165, 1.54) is 11.1 Å². The van der Waals surface area contributed by atoms with Crippen molar-refractivity contribution < 1.29 is 4.79 Å². The van der Waals surface area contributed by atoms with Crippen LogP contribution in [-0.4, -0.2) is 28.9 Å². The molecule has 24 heavy (non-hydrogen) atoms. The van der Waals surface area contributed by atoms with E-state index in [0.29, 0.717) is 17.1 Å². The number of fused-ring (bicyclic) bond motifs is 1. The van der Waals surface area contributed by atoms with Gasteiger partial charge < -0.3 is 9.88 Å². The minimum absolute atomic E-state index is 0.0620. The molecule has 2 heterocycles. The molecule has 1 N–H and O–H groups in total. The van der Waals surface area contributed by atoms with E-state index in [1.54, 1.807) is 6.20 Å². The van der Waals surface area contributed by atoms with Crippen molar-refractivity contribution in [1.82, 2.24) is 9.88 Å². The maximum absolute atomic E-state index is 12.8. The first-order valence-electron chi connectivity index (χ1n) is 8.03. The van der Waals surface area contributed by atoms with E-state index in [-0.39, 0.29) is 5.91 Å². The van der Waals surface area contributed by atoms with Crippen LogP contribution in [0.2, 0.25) is 5.02 Å². The molecule has 3 nitrogen and oxygen atoms in total. The number of carbonyl (C=O) groups is 1. The lowest BCUT2D eigenvalue weighted by molar-refractivity contribution is 0.0775. The van der Waals surface area contributed by atoms with Crippen molar-refractivity contribution in [2.45, 2.75) is 6.42 Å². The number of carbonyl (C=O) groups excluding carboxylic acids is 1. The van der Waals surface area contributed by atoms with Gasteiger partial charge in [0.1, 0.15) is 0 Å². The zero-order valence-corrected chi connectivity index (χ0v) is 13.9. The second kappa shape index (κ2) is 6.17. The molecule has 0 fully saturated rings. The molecular weight excluding hydrogens is 320 g/mol. The number of aromatic nitrogens is 1. The van der Waals surface area contributed by atoms with E-state index < -0.39 is 0 Å². The molecule has 4 heteroatoms. The minimum atomic E-state index is 0.0620. The van der Waals surface area contributed by atoms with Crippen molar-refractivity contribution in [3.63, 3.8) is 0 Å². The normalized spacial score (nSPS) is 14.7. The summed E-state index contributed by atoms with van der Waals surface area (Å²) < 4.78 is 0. The Labute approximate surface area is 145 Å². The molecule has 0 saturated carbocycles. The van der Waals surface area contributed by atoms with E-state index in [0.717, 1.165) is 23.9 Å². The van der Waals surface area contributed by atoms with Gasteiger partial charge in [0.05, 0.1) is 5.56 Å². The summed E-state index contributed by atoms with van der Waals surface area (Å²) in [7, 11) is 0. The van der Waals surface area contributed by atoms with Gasteiger partial charge in [-0.1, -0.05) is 54.1 Å². The molecule has 1 amide bonds. The number of benzene rings is 2. The van der Waals surface area contributed by atoms with Crippen LogP contribution in [0, 0.1) is 0 Å². The number of nitrogens with one attached hydrogen (secondary N) is 1. The summed E-state index contributed by atoms with van der Waals surface area (Å²) in [5, 5.41) is 1.58. The second-order valence-corrected chi connectivity index (χ2v) is 6.43. The lowest BCUT2D eigenvalue weighted by atomic mass is 9.99. The molecule has 0 bridgehead atoms. The summed E-state index contributed by atoms with van der Waals surface area (Å²) in [5.74, 6) is 0.0620. The maximum Gasteiger partial charge on any atom is 0.256 e. The predicted octanol–water partition coefficient (Wildman–Crippen LogP) is 4.75. The fraction of sp³-hybridized carbons (Fsp3) is 0.150. The number of rotatable bonds is 2. The van der Waals surface area contributed by atoms with Crippen LogP contribution in [0.5, 0.6) is 0 Å². The van der Waals surface area contributed by atoms with Gasteiger partial charge in [-0.15, -0.1) is 0 Å². The maximum atomic E-state index is 12.8. The average Bonchev–Trinajstić information content (AvgIpc) is 3.05. The molecule has 0 unspecified atom stereocenters. The van der Waals surface area contributed by atoms with Gasteiger partial charge >= 0.3 is 0 Å². The molecular formula is C20H17ClN2O. The summed E-state index contributed by atoms with van der Waals surface area (Å²) >= 11 is 6.01. The molecule has 120 valence electrons. The van der Waals surface area contributed by atoms with Crippen molar-refractivity contribution in [2.24, 2.45) is 0 Å². The monoisotopic (exact) mass is 336 g/mol. The topological polar surface area (TPSA) is 36.1 Å². The van der Waals surface area contributed by atoms with Gasteiger partial charge in [-0.3, -0.25) is 4.79 Å². The Morgan fingerprint density at radius 2 is 1.96 bits per heavy atom. The lowest BCUT2D eigenvalue weighted by Gasteiger charge is -2.26. The third-order valence-corrected chi connectivity index (χ3v) is 4.75. The Hall–Kier alpha value is -2.52. The Morgan fingerprint density at radius 3 is 2.71 bits per heavy atom. The molecule has 3 aromatic rings. The number of halogens is 1. The molecule has 0 atom stereocenters. The third-order valence-electron chi connectivity index (χ3n) is 4.52. The van der Waals surface area contributed by atoms with Crippen LogP contribution in [0.1, 0.15) is 22.3 Å². The highest BCUT2D eigenvalue weighted by atomic mass is 35.5. The first-order chi connectivity index (χ1) is 11.7. The van der Waals surface area contributed by atoms with Gasteiger partial charge in [-0.25, -0.2) is 0 Å². The van der Waals surface area contributed by atoms with Crippen molar-refractivity contribution in [3.8, 4) is 0 Å². The zero-order chi connectivity index (χ0) is 16.5. The molecule has 0 aliphatic carbocycles.